The highest BCUT2D eigenvalue weighted by atomic mass is 35.5. The Kier molecular flexibility index (Phi) is 5.29. The first-order valence-electron chi connectivity index (χ1n) is 9.04. The number of aromatic nitrogens is 1. The summed E-state index contributed by atoms with van der Waals surface area (Å²) in [7, 11) is 0. The van der Waals surface area contributed by atoms with Gasteiger partial charge in [-0.05, 0) is 42.8 Å². The number of halogens is 4. The maximum atomic E-state index is 15.7. The third-order valence-electron chi connectivity index (χ3n) is 5.08. The molecule has 0 bridgehead atoms. The molecule has 8 heteroatoms. The Morgan fingerprint density at radius 3 is 2.26 bits per heavy atom. The third-order valence-corrected chi connectivity index (χ3v) is 5.71. The summed E-state index contributed by atoms with van der Waals surface area (Å²) in [6, 6.07) is 11.6. The van der Waals surface area contributed by atoms with Crippen molar-refractivity contribution in [3.8, 4) is 11.1 Å². The second-order valence-corrected chi connectivity index (χ2v) is 7.64. The predicted octanol–water partition coefficient (Wildman–Crippen LogP) is 6.43. The minimum atomic E-state index is -1.30. The summed E-state index contributed by atoms with van der Waals surface area (Å²) in [6.45, 7) is 1.30. The third kappa shape index (κ3) is 3.28. The summed E-state index contributed by atoms with van der Waals surface area (Å²) in [5.41, 5.74) is -0.894. The Balaban J connectivity index is 2.03. The lowest BCUT2D eigenvalue weighted by Crippen LogP contribution is -2.09. The van der Waals surface area contributed by atoms with Gasteiger partial charge in [-0.2, -0.15) is 0 Å². The first-order chi connectivity index (χ1) is 14.7. The Labute approximate surface area is 185 Å². The van der Waals surface area contributed by atoms with Crippen molar-refractivity contribution in [2.75, 3.05) is 0 Å². The number of pyridine rings is 1. The number of carbonyl (C=O) groups is 2. The molecule has 31 heavy (non-hydrogen) atoms. The number of rotatable bonds is 4. The van der Waals surface area contributed by atoms with Crippen LogP contribution in [0.3, 0.4) is 0 Å². The lowest BCUT2D eigenvalue weighted by molar-refractivity contribution is 0.0695. The van der Waals surface area contributed by atoms with E-state index < -0.39 is 23.4 Å². The molecule has 4 nitrogen and oxygen atoms in total. The second kappa shape index (κ2) is 7.80. The molecule has 0 saturated heterocycles. The van der Waals surface area contributed by atoms with Crippen molar-refractivity contribution in [3.05, 3.63) is 98.8 Å². The zero-order valence-corrected chi connectivity index (χ0v) is 17.4. The zero-order valence-electron chi connectivity index (χ0n) is 15.9. The number of aromatic carboxylic acids is 1. The molecule has 0 radical (unpaired) electrons. The van der Waals surface area contributed by atoms with Crippen LogP contribution >= 0.6 is 23.2 Å². The average Bonchev–Trinajstić information content (AvgIpc) is 3.01. The van der Waals surface area contributed by atoms with E-state index >= 15 is 8.78 Å². The summed E-state index contributed by atoms with van der Waals surface area (Å²) >= 11 is 12.3. The monoisotopic (exact) mass is 459 g/mol. The fourth-order valence-electron chi connectivity index (χ4n) is 3.59. The van der Waals surface area contributed by atoms with Crippen LogP contribution in [-0.4, -0.2) is 21.3 Å². The van der Waals surface area contributed by atoms with Crippen LogP contribution in [0.5, 0.6) is 0 Å². The van der Waals surface area contributed by atoms with E-state index in [4.69, 9.17) is 23.2 Å². The molecular weight excluding hydrogens is 447 g/mol. The first-order valence-corrected chi connectivity index (χ1v) is 9.79. The molecule has 4 rings (SSSR count). The van der Waals surface area contributed by atoms with Gasteiger partial charge in [0.15, 0.2) is 5.82 Å². The highest BCUT2D eigenvalue weighted by molar-refractivity contribution is 6.41. The van der Waals surface area contributed by atoms with Gasteiger partial charge in [0.1, 0.15) is 11.5 Å². The van der Waals surface area contributed by atoms with Crippen molar-refractivity contribution < 1.29 is 23.5 Å². The highest BCUT2D eigenvalue weighted by Crippen LogP contribution is 2.37. The van der Waals surface area contributed by atoms with E-state index in [-0.39, 0.29) is 49.1 Å². The molecule has 156 valence electrons. The van der Waals surface area contributed by atoms with Crippen LogP contribution in [0.1, 0.15) is 32.0 Å². The van der Waals surface area contributed by atoms with Crippen molar-refractivity contribution in [1.82, 2.24) is 4.40 Å². The summed E-state index contributed by atoms with van der Waals surface area (Å²) < 4.78 is 32.1. The maximum absolute atomic E-state index is 15.7. The molecule has 0 aliphatic rings. The molecule has 1 N–H and O–H groups in total. The SMILES string of the molecule is Cc1c(C(=O)O)ccc(-c2c(F)c(C(=O)c3c(Cl)cccc3Cl)n3ccccc23)c1F. The average molecular weight is 460 g/mol. The molecule has 0 spiro atoms. The van der Waals surface area contributed by atoms with Gasteiger partial charge < -0.3 is 9.51 Å². The van der Waals surface area contributed by atoms with E-state index in [1.807, 2.05) is 0 Å². The Morgan fingerprint density at radius 2 is 1.61 bits per heavy atom. The molecule has 2 aromatic carbocycles. The zero-order chi connectivity index (χ0) is 22.4. The summed E-state index contributed by atoms with van der Waals surface area (Å²) in [6.07, 6.45) is 1.47. The van der Waals surface area contributed by atoms with Crippen LogP contribution in [0.15, 0.2) is 54.7 Å². The number of fused-ring (bicyclic) bond motifs is 1. The van der Waals surface area contributed by atoms with E-state index in [0.29, 0.717) is 0 Å². The number of carboxylic acid groups (broad SMARTS) is 1. The van der Waals surface area contributed by atoms with Crippen LogP contribution in [-0.2, 0) is 0 Å². The number of ketones is 1. The van der Waals surface area contributed by atoms with E-state index in [1.54, 1.807) is 18.2 Å². The topological polar surface area (TPSA) is 58.8 Å². The largest absolute Gasteiger partial charge is 0.478 e. The molecule has 0 atom stereocenters. The summed E-state index contributed by atoms with van der Waals surface area (Å²) in [5.74, 6) is -3.91. The van der Waals surface area contributed by atoms with Crippen LogP contribution in [0.2, 0.25) is 10.0 Å². The molecule has 2 heterocycles. The van der Waals surface area contributed by atoms with Crippen molar-refractivity contribution in [1.29, 1.82) is 0 Å². The predicted molar refractivity (Wildman–Crippen MR) is 114 cm³/mol. The molecular formula is C23H13Cl2F2NO3. The standard InChI is InChI=1S/C23H13Cl2F2NO3/c1-11-12(23(30)31)8-9-13(19(11)26)17-16-7-2-3-10-28(16)21(20(17)27)22(29)18-14(24)5-4-6-15(18)25/h2-10H,1H3,(H,30,31). The van der Waals surface area contributed by atoms with Crippen molar-refractivity contribution in [2.24, 2.45) is 0 Å². The fourth-order valence-corrected chi connectivity index (χ4v) is 4.16. The Bertz CT molecular complexity index is 1380. The molecule has 0 amide bonds. The smallest absolute Gasteiger partial charge is 0.336 e. The van der Waals surface area contributed by atoms with Gasteiger partial charge in [-0.1, -0.05) is 41.4 Å². The quantitative estimate of drug-likeness (QED) is 0.357. The number of benzene rings is 2. The van der Waals surface area contributed by atoms with Gasteiger partial charge in [0, 0.05) is 17.3 Å². The fraction of sp³-hybridized carbons (Fsp3) is 0.0435. The molecule has 0 aliphatic carbocycles. The summed E-state index contributed by atoms with van der Waals surface area (Å²) in [4.78, 5) is 24.6. The van der Waals surface area contributed by atoms with Gasteiger partial charge >= 0.3 is 5.97 Å². The van der Waals surface area contributed by atoms with E-state index in [9.17, 15) is 14.7 Å². The van der Waals surface area contributed by atoms with Gasteiger partial charge in [-0.3, -0.25) is 4.79 Å². The van der Waals surface area contributed by atoms with Gasteiger partial charge in [-0.25, -0.2) is 13.6 Å². The van der Waals surface area contributed by atoms with Crippen molar-refractivity contribution in [2.45, 2.75) is 6.92 Å². The highest BCUT2D eigenvalue weighted by Gasteiger charge is 2.29. The van der Waals surface area contributed by atoms with Gasteiger partial charge in [0.2, 0.25) is 5.78 Å². The molecule has 4 aromatic rings. The lowest BCUT2D eigenvalue weighted by atomic mass is 9.98. The van der Waals surface area contributed by atoms with E-state index in [0.717, 1.165) is 0 Å². The Hall–Kier alpha value is -3.22. The van der Waals surface area contributed by atoms with Gasteiger partial charge in [0.05, 0.1) is 26.7 Å². The maximum Gasteiger partial charge on any atom is 0.336 e. The molecule has 0 unspecified atom stereocenters. The normalized spacial score (nSPS) is 11.1. The molecule has 0 aliphatic heterocycles. The number of nitrogens with zero attached hydrogens (tertiary/aromatic N) is 1. The lowest BCUT2D eigenvalue weighted by Gasteiger charge is -2.08. The van der Waals surface area contributed by atoms with Crippen LogP contribution in [0.25, 0.3) is 16.6 Å². The summed E-state index contributed by atoms with van der Waals surface area (Å²) in [5, 5.41) is 9.32. The number of carbonyl (C=O) groups excluding carboxylic acids is 1. The van der Waals surface area contributed by atoms with E-state index in [1.165, 1.54) is 47.9 Å². The van der Waals surface area contributed by atoms with Crippen LogP contribution in [0, 0.1) is 18.6 Å². The van der Waals surface area contributed by atoms with Crippen molar-refractivity contribution in [3.63, 3.8) is 0 Å². The number of hydrogen-bond donors (Lipinski definition) is 1. The molecule has 2 aromatic heterocycles. The van der Waals surface area contributed by atoms with Crippen LogP contribution < -0.4 is 0 Å². The van der Waals surface area contributed by atoms with Crippen molar-refractivity contribution >= 4 is 40.5 Å². The first kappa shape index (κ1) is 21.0. The van der Waals surface area contributed by atoms with E-state index in [2.05, 4.69) is 0 Å². The van der Waals surface area contributed by atoms with Crippen LogP contribution in [0.4, 0.5) is 8.78 Å². The molecule has 0 saturated carbocycles. The molecule has 0 fully saturated rings. The second-order valence-electron chi connectivity index (χ2n) is 6.82. The van der Waals surface area contributed by atoms with Gasteiger partial charge in [0.25, 0.3) is 0 Å². The Morgan fingerprint density at radius 1 is 0.935 bits per heavy atom. The minimum Gasteiger partial charge on any atom is -0.478 e. The number of hydrogen-bond acceptors (Lipinski definition) is 2. The minimum absolute atomic E-state index is 0.0529. The van der Waals surface area contributed by atoms with Gasteiger partial charge in [-0.15, -0.1) is 0 Å². The number of carboxylic acids is 1.